The van der Waals surface area contributed by atoms with Gasteiger partial charge in [0.05, 0.1) is 17.6 Å². The molecular weight excluding hydrogens is 490 g/mol. The number of ketones is 4. The normalized spacial score (nSPS) is 32.6. The highest BCUT2D eigenvalue weighted by Gasteiger charge is 2.69. The largest absolute Gasteiger partial charge is 0.507 e. The molecule has 2 saturated carbocycles. The molecular formula is C26H20ClNO8. The number of hydrogen-bond donors (Lipinski definition) is 4. The van der Waals surface area contributed by atoms with Crippen LogP contribution in [-0.2, 0) is 19.2 Å². The zero-order valence-corrected chi connectivity index (χ0v) is 19.3. The van der Waals surface area contributed by atoms with Crippen LogP contribution in [0.1, 0.15) is 27.9 Å². The minimum absolute atomic E-state index is 0.208. The maximum Gasteiger partial charge on any atom is 0.235 e. The molecule has 36 heavy (non-hydrogen) atoms. The first kappa shape index (κ1) is 24.1. The van der Waals surface area contributed by atoms with Crippen molar-refractivity contribution in [3.8, 4) is 5.75 Å². The van der Waals surface area contributed by atoms with Gasteiger partial charge in [0.25, 0.3) is 0 Å². The SMILES string of the molecule is NC(=O)C1C(=O)CC2C(O)C3/C(=C/c4cccc(Cl)c4)c4cccc(O)c4C(=O)C3C(=O)C2(O)C1=O. The number of nitrogens with two attached hydrogens (primary N) is 1. The number of benzene rings is 2. The van der Waals surface area contributed by atoms with Crippen LogP contribution < -0.4 is 5.73 Å². The van der Waals surface area contributed by atoms with Gasteiger partial charge in [0, 0.05) is 23.3 Å². The number of aromatic hydroxyl groups is 1. The molecule has 6 atom stereocenters. The molecule has 2 aromatic rings. The lowest BCUT2D eigenvalue weighted by atomic mass is 9.51. The third-order valence-corrected chi connectivity index (χ3v) is 7.65. The van der Waals surface area contributed by atoms with Crippen LogP contribution in [0.4, 0.5) is 0 Å². The van der Waals surface area contributed by atoms with Gasteiger partial charge in [0.1, 0.15) is 5.75 Å². The number of phenols is 1. The Bertz CT molecular complexity index is 1410. The molecule has 0 bridgehead atoms. The van der Waals surface area contributed by atoms with Crippen LogP contribution >= 0.6 is 11.6 Å². The van der Waals surface area contributed by atoms with E-state index in [4.69, 9.17) is 17.3 Å². The lowest BCUT2D eigenvalue weighted by molar-refractivity contribution is -0.185. The Balaban J connectivity index is 1.75. The van der Waals surface area contributed by atoms with Gasteiger partial charge in [-0.2, -0.15) is 0 Å². The minimum Gasteiger partial charge on any atom is -0.507 e. The van der Waals surface area contributed by atoms with Crippen LogP contribution in [0.15, 0.2) is 42.5 Å². The van der Waals surface area contributed by atoms with Crippen molar-refractivity contribution in [1.29, 1.82) is 0 Å². The van der Waals surface area contributed by atoms with Crippen molar-refractivity contribution in [2.45, 2.75) is 18.1 Å². The molecule has 5 N–H and O–H groups in total. The van der Waals surface area contributed by atoms with E-state index in [1.807, 2.05) is 0 Å². The first-order valence-electron chi connectivity index (χ1n) is 11.1. The molecule has 184 valence electrons. The van der Waals surface area contributed by atoms with Crippen LogP contribution in [0.25, 0.3) is 11.6 Å². The molecule has 1 amide bonds. The summed E-state index contributed by atoms with van der Waals surface area (Å²) in [5.74, 6) is -13.0. The standard InChI is InChI=1S/C26H20ClNO8/c27-11-4-1-3-10(7-11)8-13-12-5-2-6-15(29)17(12)22(32)20-18(13)21(31)14-9-16(30)19(25(28)35)23(33)26(14,36)24(20)34/h1-8,14,18-21,29,31,36H,9H2,(H2,28,35)/b13-8+. The van der Waals surface area contributed by atoms with Gasteiger partial charge in [-0.05, 0) is 34.9 Å². The van der Waals surface area contributed by atoms with Crippen molar-refractivity contribution >= 4 is 52.3 Å². The fourth-order valence-electron chi connectivity index (χ4n) is 5.81. The molecule has 6 unspecified atom stereocenters. The number of rotatable bonds is 2. The second-order valence-electron chi connectivity index (χ2n) is 9.32. The number of aliphatic hydroxyl groups excluding tert-OH is 1. The highest BCUT2D eigenvalue weighted by Crippen LogP contribution is 2.54. The zero-order valence-electron chi connectivity index (χ0n) is 18.6. The Morgan fingerprint density at radius 1 is 1.08 bits per heavy atom. The van der Waals surface area contributed by atoms with Crippen molar-refractivity contribution in [2.24, 2.45) is 29.4 Å². The summed E-state index contributed by atoms with van der Waals surface area (Å²) in [5, 5.41) is 33.7. The van der Waals surface area contributed by atoms with E-state index in [0.29, 0.717) is 10.6 Å². The molecule has 0 radical (unpaired) electrons. The number of Topliss-reactive ketones (excluding diaryl/α,β-unsaturated/α-hetero) is 4. The lowest BCUT2D eigenvalue weighted by Gasteiger charge is -2.51. The van der Waals surface area contributed by atoms with E-state index < -0.39 is 76.6 Å². The lowest BCUT2D eigenvalue weighted by Crippen LogP contribution is -2.72. The number of fused-ring (bicyclic) bond motifs is 3. The first-order valence-corrected chi connectivity index (χ1v) is 11.5. The van der Waals surface area contributed by atoms with Gasteiger partial charge in [0.15, 0.2) is 34.7 Å². The fraction of sp³-hybridized carbons (Fsp3) is 0.269. The monoisotopic (exact) mass is 509 g/mol. The molecule has 0 heterocycles. The number of phenolic OH excluding ortho intramolecular Hbond substituents is 1. The quantitative estimate of drug-likeness (QED) is 0.433. The summed E-state index contributed by atoms with van der Waals surface area (Å²) in [4.78, 5) is 64.8. The first-order chi connectivity index (χ1) is 17.0. The topological polar surface area (TPSA) is 172 Å². The zero-order chi connectivity index (χ0) is 26.1. The Kier molecular flexibility index (Phi) is 5.47. The van der Waals surface area contributed by atoms with E-state index in [1.165, 1.54) is 18.2 Å². The third kappa shape index (κ3) is 3.20. The second-order valence-corrected chi connectivity index (χ2v) is 9.76. The number of carbonyl (C=O) groups excluding carboxylic acids is 5. The highest BCUT2D eigenvalue weighted by molar-refractivity contribution is 6.33. The maximum atomic E-state index is 13.7. The molecule has 3 aliphatic rings. The van der Waals surface area contributed by atoms with Gasteiger partial charge in [-0.25, -0.2) is 0 Å². The number of halogens is 1. The Hall–Kier alpha value is -3.66. The van der Waals surface area contributed by atoms with Crippen molar-refractivity contribution in [3.63, 3.8) is 0 Å². The maximum absolute atomic E-state index is 13.7. The highest BCUT2D eigenvalue weighted by atomic mass is 35.5. The van der Waals surface area contributed by atoms with E-state index in [9.17, 15) is 39.3 Å². The van der Waals surface area contributed by atoms with Crippen LogP contribution in [0.3, 0.4) is 0 Å². The molecule has 0 spiro atoms. The van der Waals surface area contributed by atoms with Gasteiger partial charge in [-0.15, -0.1) is 0 Å². The third-order valence-electron chi connectivity index (χ3n) is 7.41. The van der Waals surface area contributed by atoms with E-state index in [-0.39, 0.29) is 16.7 Å². The molecule has 3 aliphatic carbocycles. The minimum atomic E-state index is -2.98. The summed E-state index contributed by atoms with van der Waals surface area (Å²) < 4.78 is 0. The molecule has 0 aromatic heterocycles. The predicted octanol–water partition coefficient (Wildman–Crippen LogP) is 0.949. The number of amides is 1. The summed E-state index contributed by atoms with van der Waals surface area (Å²) in [6.07, 6.45) is -0.782. The summed E-state index contributed by atoms with van der Waals surface area (Å²) in [7, 11) is 0. The fourth-order valence-corrected chi connectivity index (χ4v) is 6.01. The number of primary amides is 1. The van der Waals surface area contributed by atoms with E-state index in [0.717, 1.165) is 0 Å². The second kappa shape index (κ2) is 8.19. The van der Waals surface area contributed by atoms with Gasteiger partial charge in [-0.1, -0.05) is 41.9 Å². The van der Waals surface area contributed by atoms with E-state index in [2.05, 4.69) is 0 Å². The van der Waals surface area contributed by atoms with Crippen molar-refractivity contribution in [3.05, 3.63) is 64.2 Å². The van der Waals surface area contributed by atoms with Crippen molar-refractivity contribution in [1.82, 2.24) is 0 Å². The van der Waals surface area contributed by atoms with Crippen LogP contribution in [-0.4, -0.2) is 56.1 Å². The predicted molar refractivity (Wildman–Crippen MR) is 126 cm³/mol. The van der Waals surface area contributed by atoms with Crippen molar-refractivity contribution < 1.29 is 39.3 Å². The molecule has 9 nitrogen and oxygen atoms in total. The molecule has 5 rings (SSSR count). The number of aliphatic hydroxyl groups is 2. The Morgan fingerprint density at radius 3 is 2.44 bits per heavy atom. The summed E-state index contributed by atoms with van der Waals surface area (Å²) in [6.45, 7) is 0. The summed E-state index contributed by atoms with van der Waals surface area (Å²) in [5.41, 5.74) is 3.10. The van der Waals surface area contributed by atoms with Gasteiger partial charge in [-0.3, -0.25) is 24.0 Å². The number of carbonyl (C=O) groups is 5. The smallest absolute Gasteiger partial charge is 0.235 e. The van der Waals surface area contributed by atoms with E-state index in [1.54, 1.807) is 30.3 Å². The van der Waals surface area contributed by atoms with Crippen LogP contribution in [0.2, 0.25) is 5.02 Å². The van der Waals surface area contributed by atoms with Gasteiger partial charge < -0.3 is 21.1 Å². The number of hydrogen-bond acceptors (Lipinski definition) is 8. The molecule has 2 fully saturated rings. The Labute approximate surface area is 209 Å². The summed E-state index contributed by atoms with van der Waals surface area (Å²) >= 11 is 6.11. The van der Waals surface area contributed by atoms with Crippen LogP contribution in [0.5, 0.6) is 5.75 Å². The average molecular weight is 510 g/mol. The average Bonchev–Trinajstić information content (AvgIpc) is 2.81. The van der Waals surface area contributed by atoms with E-state index >= 15 is 0 Å². The van der Waals surface area contributed by atoms with Gasteiger partial charge >= 0.3 is 0 Å². The molecule has 10 heteroatoms. The van der Waals surface area contributed by atoms with Gasteiger partial charge in [0.2, 0.25) is 5.91 Å². The molecule has 0 saturated heterocycles. The molecule has 0 aliphatic heterocycles. The Morgan fingerprint density at radius 2 is 1.78 bits per heavy atom. The van der Waals surface area contributed by atoms with Crippen molar-refractivity contribution in [2.75, 3.05) is 0 Å². The molecule has 2 aromatic carbocycles. The summed E-state index contributed by atoms with van der Waals surface area (Å²) in [6, 6.07) is 10.9. The van der Waals surface area contributed by atoms with Crippen LogP contribution in [0, 0.1) is 23.7 Å².